The first-order valence-corrected chi connectivity index (χ1v) is 7.99. The Morgan fingerprint density at radius 2 is 1.64 bits per heavy atom. The van der Waals surface area contributed by atoms with Gasteiger partial charge in [-0.25, -0.2) is 0 Å². The Labute approximate surface area is 145 Å². The lowest BCUT2D eigenvalue weighted by molar-refractivity contribution is 0.0767. The number of carbonyl (C=O) groups is 1. The zero-order chi connectivity index (χ0) is 17.6. The second kappa shape index (κ2) is 7.73. The van der Waals surface area contributed by atoms with Gasteiger partial charge >= 0.3 is 12.0 Å². The van der Waals surface area contributed by atoms with E-state index < -0.39 is 0 Å². The first-order chi connectivity index (χ1) is 12.2. The van der Waals surface area contributed by atoms with E-state index in [-0.39, 0.29) is 17.9 Å². The number of ether oxygens (including phenoxy) is 2. The number of rotatable bonds is 4. The molecule has 9 nitrogen and oxygen atoms in total. The average Bonchev–Trinajstić information content (AvgIpc) is 2.94. The molecule has 0 saturated carbocycles. The van der Waals surface area contributed by atoms with E-state index in [9.17, 15) is 4.79 Å². The number of amides is 1. The highest BCUT2D eigenvalue weighted by Crippen LogP contribution is 2.18. The minimum Gasteiger partial charge on any atom is -0.467 e. The largest absolute Gasteiger partial charge is 0.467 e. The van der Waals surface area contributed by atoms with E-state index in [0.29, 0.717) is 31.1 Å². The molecule has 1 aliphatic rings. The van der Waals surface area contributed by atoms with Crippen molar-refractivity contribution in [1.29, 1.82) is 0 Å². The molecule has 132 valence electrons. The molecule has 0 unspecified atom stereocenters. The smallest absolute Gasteiger partial charge is 0.324 e. The second-order valence-electron chi connectivity index (χ2n) is 5.48. The molecule has 1 amide bonds. The maximum Gasteiger partial charge on any atom is 0.324 e. The van der Waals surface area contributed by atoms with E-state index in [1.54, 1.807) is 24.5 Å². The van der Waals surface area contributed by atoms with Gasteiger partial charge in [-0.05, 0) is 18.6 Å². The highest BCUT2D eigenvalue weighted by Gasteiger charge is 2.22. The van der Waals surface area contributed by atoms with Gasteiger partial charge in [-0.2, -0.15) is 9.97 Å². The number of nitrogens with zero attached hydrogens (tertiary/aromatic N) is 6. The lowest BCUT2D eigenvalue weighted by Gasteiger charge is -2.22. The second-order valence-corrected chi connectivity index (χ2v) is 5.48. The van der Waals surface area contributed by atoms with Gasteiger partial charge in [0.05, 0.1) is 14.2 Å². The van der Waals surface area contributed by atoms with Gasteiger partial charge in [0.1, 0.15) is 0 Å². The van der Waals surface area contributed by atoms with E-state index in [0.717, 1.165) is 13.0 Å². The molecule has 0 aliphatic carbocycles. The quantitative estimate of drug-likeness (QED) is 0.797. The van der Waals surface area contributed by atoms with E-state index in [1.165, 1.54) is 14.2 Å². The minimum absolute atomic E-state index is 0.00931. The van der Waals surface area contributed by atoms with Gasteiger partial charge in [-0.3, -0.25) is 9.78 Å². The maximum atomic E-state index is 12.6. The molecule has 1 saturated heterocycles. The van der Waals surface area contributed by atoms with Gasteiger partial charge in [0.25, 0.3) is 5.91 Å². The summed E-state index contributed by atoms with van der Waals surface area (Å²) in [7, 11) is 2.99. The molecular weight excluding hydrogens is 324 g/mol. The molecule has 0 radical (unpaired) electrons. The van der Waals surface area contributed by atoms with Crippen LogP contribution in [0.1, 0.15) is 16.8 Å². The van der Waals surface area contributed by atoms with Crippen LogP contribution in [-0.4, -0.2) is 71.1 Å². The summed E-state index contributed by atoms with van der Waals surface area (Å²) in [5, 5.41) is 0. The molecule has 0 aromatic carbocycles. The van der Waals surface area contributed by atoms with Crippen molar-refractivity contribution in [2.45, 2.75) is 6.42 Å². The van der Waals surface area contributed by atoms with Crippen LogP contribution in [0.15, 0.2) is 24.5 Å². The van der Waals surface area contributed by atoms with Crippen molar-refractivity contribution in [1.82, 2.24) is 24.8 Å². The summed E-state index contributed by atoms with van der Waals surface area (Å²) in [5.74, 6) is 0.497. The number of anilines is 1. The minimum atomic E-state index is 0.00931. The van der Waals surface area contributed by atoms with Gasteiger partial charge in [0.2, 0.25) is 5.95 Å². The fraction of sp³-hybridized carbons (Fsp3) is 0.438. The summed E-state index contributed by atoms with van der Waals surface area (Å²) in [6, 6.07) is 3.87. The number of pyridine rings is 1. The summed E-state index contributed by atoms with van der Waals surface area (Å²) in [4.78, 5) is 33.0. The first kappa shape index (κ1) is 16.9. The molecular formula is C16H20N6O3. The Morgan fingerprint density at radius 3 is 2.28 bits per heavy atom. The standard InChI is InChI=1S/C16H20N6O3/c1-24-15-18-14(19-16(20-15)25-2)22-9-3-8-21(10-11-22)13(23)12-4-6-17-7-5-12/h4-7H,3,8-11H2,1-2H3. The Hall–Kier alpha value is -2.97. The molecule has 2 aromatic rings. The molecule has 3 heterocycles. The summed E-state index contributed by atoms with van der Waals surface area (Å²) >= 11 is 0. The van der Waals surface area contributed by atoms with Crippen molar-refractivity contribution in [3.05, 3.63) is 30.1 Å². The fourth-order valence-electron chi connectivity index (χ4n) is 2.65. The third kappa shape index (κ3) is 3.93. The third-order valence-corrected chi connectivity index (χ3v) is 3.94. The molecule has 1 aliphatic heterocycles. The summed E-state index contributed by atoms with van der Waals surface area (Å²) in [6.45, 7) is 2.61. The van der Waals surface area contributed by atoms with Crippen LogP contribution in [-0.2, 0) is 0 Å². The summed E-state index contributed by atoms with van der Waals surface area (Å²) in [6.07, 6.45) is 4.06. The Kier molecular flexibility index (Phi) is 5.22. The van der Waals surface area contributed by atoms with Crippen molar-refractivity contribution in [2.24, 2.45) is 0 Å². The van der Waals surface area contributed by atoms with Crippen LogP contribution in [0, 0.1) is 0 Å². The van der Waals surface area contributed by atoms with E-state index in [2.05, 4.69) is 19.9 Å². The summed E-state index contributed by atoms with van der Waals surface area (Å²) in [5.41, 5.74) is 0.645. The van der Waals surface area contributed by atoms with E-state index >= 15 is 0 Å². The van der Waals surface area contributed by atoms with Crippen LogP contribution in [0.4, 0.5) is 5.95 Å². The molecule has 1 fully saturated rings. The third-order valence-electron chi connectivity index (χ3n) is 3.94. The molecule has 0 N–H and O–H groups in total. The van der Waals surface area contributed by atoms with Gasteiger partial charge in [-0.1, -0.05) is 0 Å². The van der Waals surface area contributed by atoms with Crippen LogP contribution in [0.3, 0.4) is 0 Å². The van der Waals surface area contributed by atoms with Crippen LogP contribution < -0.4 is 14.4 Å². The van der Waals surface area contributed by atoms with Crippen molar-refractivity contribution < 1.29 is 14.3 Å². The molecule has 2 aromatic heterocycles. The van der Waals surface area contributed by atoms with Gasteiger partial charge in [0, 0.05) is 44.1 Å². The summed E-state index contributed by atoms with van der Waals surface area (Å²) < 4.78 is 10.2. The lowest BCUT2D eigenvalue weighted by atomic mass is 10.2. The predicted octanol–water partition coefficient (Wildman–Crippen LogP) is 0.636. The van der Waals surface area contributed by atoms with Crippen molar-refractivity contribution >= 4 is 11.9 Å². The number of hydrogen-bond donors (Lipinski definition) is 0. The topological polar surface area (TPSA) is 93.6 Å². The van der Waals surface area contributed by atoms with Crippen LogP contribution >= 0.6 is 0 Å². The van der Waals surface area contributed by atoms with Gasteiger partial charge < -0.3 is 19.3 Å². The molecule has 25 heavy (non-hydrogen) atoms. The Morgan fingerprint density at radius 1 is 0.960 bits per heavy atom. The zero-order valence-corrected chi connectivity index (χ0v) is 14.3. The average molecular weight is 344 g/mol. The van der Waals surface area contributed by atoms with Crippen molar-refractivity contribution in [3.8, 4) is 12.0 Å². The van der Waals surface area contributed by atoms with Crippen LogP contribution in [0.2, 0.25) is 0 Å². The van der Waals surface area contributed by atoms with Crippen LogP contribution in [0.5, 0.6) is 12.0 Å². The number of carbonyl (C=O) groups excluding carboxylic acids is 1. The maximum absolute atomic E-state index is 12.6. The Balaban J connectivity index is 1.72. The van der Waals surface area contributed by atoms with E-state index in [4.69, 9.17) is 9.47 Å². The van der Waals surface area contributed by atoms with Crippen molar-refractivity contribution in [2.75, 3.05) is 45.3 Å². The molecule has 9 heteroatoms. The Bertz CT molecular complexity index is 705. The molecule has 0 bridgehead atoms. The van der Waals surface area contributed by atoms with Gasteiger partial charge in [0.15, 0.2) is 0 Å². The molecule has 0 atom stereocenters. The highest BCUT2D eigenvalue weighted by atomic mass is 16.5. The monoisotopic (exact) mass is 344 g/mol. The van der Waals surface area contributed by atoms with Crippen molar-refractivity contribution in [3.63, 3.8) is 0 Å². The molecule has 3 rings (SSSR count). The number of aromatic nitrogens is 4. The fourth-order valence-corrected chi connectivity index (χ4v) is 2.65. The predicted molar refractivity (Wildman–Crippen MR) is 89.9 cm³/mol. The first-order valence-electron chi connectivity index (χ1n) is 7.99. The van der Waals surface area contributed by atoms with Gasteiger partial charge in [-0.15, -0.1) is 4.98 Å². The normalized spacial score (nSPS) is 14.8. The highest BCUT2D eigenvalue weighted by molar-refractivity contribution is 5.94. The number of hydrogen-bond acceptors (Lipinski definition) is 8. The SMILES string of the molecule is COc1nc(OC)nc(N2CCCN(C(=O)c3ccncc3)CC2)n1. The zero-order valence-electron chi connectivity index (χ0n) is 14.3. The van der Waals surface area contributed by atoms with Crippen LogP contribution in [0.25, 0.3) is 0 Å². The van der Waals surface area contributed by atoms with E-state index in [1.807, 2.05) is 9.80 Å². The number of methoxy groups -OCH3 is 2. The lowest BCUT2D eigenvalue weighted by Crippen LogP contribution is -2.35. The molecule has 0 spiro atoms.